The summed E-state index contributed by atoms with van der Waals surface area (Å²) in [5.41, 5.74) is 1.28. The molecule has 0 spiro atoms. The van der Waals surface area contributed by atoms with Gasteiger partial charge in [0.1, 0.15) is 0 Å². The molecule has 3 aliphatic heterocycles. The van der Waals surface area contributed by atoms with Crippen molar-refractivity contribution in [2.24, 2.45) is 5.92 Å². The summed E-state index contributed by atoms with van der Waals surface area (Å²) in [7, 11) is 0. The Labute approximate surface area is 168 Å². The first-order chi connectivity index (χ1) is 13.3. The number of anilines is 1. The van der Waals surface area contributed by atoms with E-state index in [2.05, 4.69) is 56.8 Å². The number of amides is 1. The van der Waals surface area contributed by atoms with E-state index in [1.165, 1.54) is 49.5 Å². The molecular formula is C22H33N3OS. The first-order valence-corrected chi connectivity index (χ1v) is 11.8. The fourth-order valence-corrected chi connectivity index (χ4v) is 6.01. The van der Waals surface area contributed by atoms with E-state index in [-0.39, 0.29) is 0 Å². The molecule has 148 valence electrons. The van der Waals surface area contributed by atoms with E-state index < -0.39 is 0 Å². The lowest BCUT2D eigenvalue weighted by molar-refractivity contribution is -0.131. The van der Waals surface area contributed by atoms with Crippen molar-refractivity contribution in [3.8, 4) is 0 Å². The van der Waals surface area contributed by atoms with Gasteiger partial charge in [0, 0.05) is 50.1 Å². The molecule has 1 aromatic rings. The van der Waals surface area contributed by atoms with Gasteiger partial charge in [-0.1, -0.05) is 18.2 Å². The molecule has 5 heteroatoms. The van der Waals surface area contributed by atoms with Gasteiger partial charge in [0.2, 0.25) is 5.91 Å². The monoisotopic (exact) mass is 387 g/mol. The number of nitrogens with zero attached hydrogens (tertiary/aromatic N) is 3. The standard InChI is InChI=1S/C22H33N3OS/c26-22(25-15-13-24(14-16-25)20-4-2-1-3-5-20)7-6-19-8-11-23(12-9-19)21-10-17-27-18-21/h1-5,19,21H,6-18H2. The molecule has 0 saturated carbocycles. The van der Waals surface area contributed by atoms with Crippen LogP contribution in [0.4, 0.5) is 5.69 Å². The minimum atomic E-state index is 0.373. The van der Waals surface area contributed by atoms with E-state index >= 15 is 0 Å². The Morgan fingerprint density at radius 3 is 2.37 bits per heavy atom. The number of likely N-dealkylation sites (tertiary alicyclic amines) is 1. The van der Waals surface area contributed by atoms with E-state index in [1.54, 1.807) is 0 Å². The van der Waals surface area contributed by atoms with Crippen LogP contribution < -0.4 is 4.90 Å². The molecule has 3 fully saturated rings. The van der Waals surface area contributed by atoms with Crippen LogP contribution in [-0.4, -0.2) is 72.5 Å². The first-order valence-electron chi connectivity index (χ1n) is 10.7. The van der Waals surface area contributed by atoms with Crippen LogP contribution in [-0.2, 0) is 4.79 Å². The van der Waals surface area contributed by atoms with Crippen LogP contribution in [0.2, 0.25) is 0 Å². The maximum atomic E-state index is 12.7. The van der Waals surface area contributed by atoms with E-state index in [0.717, 1.165) is 51.0 Å². The summed E-state index contributed by atoms with van der Waals surface area (Å²) in [6.45, 7) is 6.14. The summed E-state index contributed by atoms with van der Waals surface area (Å²) in [5, 5.41) is 0. The third-order valence-corrected chi connectivity index (χ3v) is 7.74. The quantitative estimate of drug-likeness (QED) is 0.774. The summed E-state index contributed by atoms with van der Waals surface area (Å²) in [5.74, 6) is 3.80. The van der Waals surface area contributed by atoms with E-state index in [4.69, 9.17) is 0 Å². The van der Waals surface area contributed by atoms with Crippen molar-refractivity contribution in [3.63, 3.8) is 0 Å². The van der Waals surface area contributed by atoms with Crippen molar-refractivity contribution in [1.29, 1.82) is 0 Å². The zero-order valence-corrected chi connectivity index (χ0v) is 17.2. The Morgan fingerprint density at radius 1 is 0.963 bits per heavy atom. The molecule has 0 radical (unpaired) electrons. The summed E-state index contributed by atoms with van der Waals surface area (Å²) in [6, 6.07) is 11.4. The second-order valence-electron chi connectivity index (χ2n) is 8.24. The molecule has 0 bridgehead atoms. The van der Waals surface area contributed by atoms with Crippen LogP contribution in [0.5, 0.6) is 0 Å². The van der Waals surface area contributed by atoms with Gasteiger partial charge in [-0.3, -0.25) is 9.69 Å². The van der Waals surface area contributed by atoms with Crippen LogP contribution in [0.25, 0.3) is 0 Å². The topological polar surface area (TPSA) is 26.8 Å². The van der Waals surface area contributed by atoms with Gasteiger partial charge in [-0.25, -0.2) is 0 Å². The molecule has 0 aliphatic carbocycles. The lowest BCUT2D eigenvalue weighted by atomic mass is 9.91. The highest BCUT2D eigenvalue weighted by Crippen LogP contribution is 2.28. The molecule has 1 aromatic carbocycles. The van der Waals surface area contributed by atoms with Crippen molar-refractivity contribution in [1.82, 2.24) is 9.80 Å². The SMILES string of the molecule is O=C(CCC1CCN(C2CCSC2)CC1)N1CCN(c2ccccc2)CC1. The lowest BCUT2D eigenvalue weighted by Gasteiger charge is -2.37. The number of piperidine rings is 1. The summed E-state index contributed by atoms with van der Waals surface area (Å²) in [4.78, 5) is 19.8. The molecule has 1 amide bonds. The molecule has 4 rings (SSSR count). The predicted molar refractivity (Wildman–Crippen MR) is 114 cm³/mol. The van der Waals surface area contributed by atoms with Gasteiger partial charge in [-0.15, -0.1) is 0 Å². The van der Waals surface area contributed by atoms with Crippen LogP contribution in [0, 0.1) is 5.92 Å². The van der Waals surface area contributed by atoms with Gasteiger partial charge in [0.25, 0.3) is 0 Å². The fourth-order valence-electron chi connectivity index (χ4n) is 4.76. The Bertz CT molecular complexity index is 589. The van der Waals surface area contributed by atoms with Crippen molar-refractivity contribution in [3.05, 3.63) is 30.3 Å². The lowest BCUT2D eigenvalue weighted by Crippen LogP contribution is -2.49. The number of piperazine rings is 1. The Hall–Kier alpha value is -1.20. The molecule has 0 N–H and O–H groups in total. The normalized spacial score (nSPS) is 25.1. The smallest absolute Gasteiger partial charge is 0.222 e. The van der Waals surface area contributed by atoms with Crippen LogP contribution in [0.15, 0.2) is 30.3 Å². The minimum absolute atomic E-state index is 0.373. The molecule has 3 saturated heterocycles. The average Bonchev–Trinajstić information content (AvgIpc) is 3.28. The molecule has 1 unspecified atom stereocenters. The number of para-hydroxylation sites is 1. The highest BCUT2D eigenvalue weighted by molar-refractivity contribution is 7.99. The van der Waals surface area contributed by atoms with E-state index in [0.29, 0.717) is 5.91 Å². The number of benzene rings is 1. The number of rotatable bonds is 5. The average molecular weight is 388 g/mol. The van der Waals surface area contributed by atoms with Gasteiger partial charge in [0.05, 0.1) is 0 Å². The number of hydrogen-bond acceptors (Lipinski definition) is 4. The van der Waals surface area contributed by atoms with E-state index in [9.17, 15) is 4.79 Å². The first kappa shape index (κ1) is 19.1. The third-order valence-electron chi connectivity index (χ3n) is 6.59. The van der Waals surface area contributed by atoms with Crippen LogP contribution in [0.1, 0.15) is 32.1 Å². The largest absolute Gasteiger partial charge is 0.368 e. The van der Waals surface area contributed by atoms with Crippen LogP contribution >= 0.6 is 11.8 Å². The molecular weight excluding hydrogens is 354 g/mol. The highest BCUT2D eigenvalue weighted by Gasteiger charge is 2.28. The van der Waals surface area contributed by atoms with Crippen molar-refractivity contribution >= 4 is 23.4 Å². The van der Waals surface area contributed by atoms with Gasteiger partial charge < -0.3 is 9.80 Å². The third kappa shape index (κ3) is 5.00. The predicted octanol–water partition coefficient (Wildman–Crippen LogP) is 3.33. The number of carbonyl (C=O) groups is 1. The summed E-state index contributed by atoms with van der Waals surface area (Å²) < 4.78 is 0. The van der Waals surface area contributed by atoms with E-state index in [1.807, 2.05) is 0 Å². The Kier molecular flexibility index (Phi) is 6.61. The van der Waals surface area contributed by atoms with Gasteiger partial charge in [-0.2, -0.15) is 11.8 Å². The Morgan fingerprint density at radius 2 is 1.70 bits per heavy atom. The zero-order chi connectivity index (χ0) is 18.5. The van der Waals surface area contributed by atoms with Crippen molar-refractivity contribution in [2.75, 3.05) is 55.7 Å². The van der Waals surface area contributed by atoms with Gasteiger partial charge in [0.15, 0.2) is 0 Å². The van der Waals surface area contributed by atoms with Crippen molar-refractivity contribution in [2.45, 2.75) is 38.1 Å². The molecule has 3 heterocycles. The molecule has 4 nitrogen and oxygen atoms in total. The molecule has 1 atom stereocenters. The molecule has 0 aromatic heterocycles. The molecule has 27 heavy (non-hydrogen) atoms. The number of hydrogen-bond donors (Lipinski definition) is 0. The zero-order valence-electron chi connectivity index (χ0n) is 16.4. The molecule has 3 aliphatic rings. The Balaban J connectivity index is 1.15. The minimum Gasteiger partial charge on any atom is -0.368 e. The summed E-state index contributed by atoms with van der Waals surface area (Å²) >= 11 is 2.11. The fraction of sp³-hybridized carbons (Fsp3) is 0.682. The number of carbonyl (C=O) groups excluding carboxylic acids is 1. The second kappa shape index (κ2) is 9.33. The van der Waals surface area contributed by atoms with Crippen molar-refractivity contribution < 1.29 is 4.79 Å². The summed E-state index contributed by atoms with van der Waals surface area (Å²) in [6.07, 6.45) is 5.79. The maximum Gasteiger partial charge on any atom is 0.222 e. The van der Waals surface area contributed by atoms with Gasteiger partial charge in [-0.05, 0) is 62.6 Å². The van der Waals surface area contributed by atoms with Crippen LogP contribution in [0.3, 0.4) is 0 Å². The highest BCUT2D eigenvalue weighted by atomic mass is 32.2. The maximum absolute atomic E-state index is 12.7. The van der Waals surface area contributed by atoms with Gasteiger partial charge >= 0.3 is 0 Å². The number of thioether (sulfide) groups is 1. The second-order valence-corrected chi connectivity index (χ2v) is 9.39.